The van der Waals surface area contributed by atoms with E-state index in [0.717, 1.165) is 23.5 Å². The Morgan fingerprint density at radius 3 is 2.34 bits per heavy atom. The molecule has 2 aromatic carbocycles. The van der Waals surface area contributed by atoms with Gasteiger partial charge >= 0.3 is 5.97 Å². The average molecular weight is 800 g/mol. The Morgan fingerprint density at radius 2 is 1.64 bits per heavy atom. The summed E-state index contributed by atoms with van der Waals surface area (Å²) in [6.07, 6.45) is 2.91. The normalized spacial score (nSPS) is 18.0. The molecule has 1 aliphatic carbocycles. The number of para-hydroxylation sites is 1. The topological polar surface area (TPSA) is 157 Å². The SMILES string of the molecule is CC(CNC(=O)C(C)(C)CCOC(C)(C)CNC(=O)CCC(=O)N1Cc2ccccc2-c2c(nnn2CC(=O)OCCNC(C)C)-c2ccccc21)CC1(C)CC1C. The van der Waals surface area contributed by atoms with Gasteiger partial charge in [0.2, 0.25) is 17.7 Å². The van der Waals surface area contributed by atoms with Gasteiger partial charge in [0, 0.05) is 61.7 Å². The number of benzene rings is 2. The van der Waals surface area contributed by atoms with Crippen LogP contribution in [0.2, 0.25) is 0 Å². The summed E-state index contributed by atoms with van der Waals surface area (Å²) in [5.41, 5.74) is 3.33. The predicted molar refractivity (Wildman–Crippen MR) is 226 cm³/mol. The van der Waals surface area contributed by atoms with Crippen LogP contribution < -0.4 is 20.9 Å². The number of carbonyl (C=O) groups is 4. The second-order valence-corrected chi connectivity index (χ2v) is 18.2. The van der Waals surface area contributed by atoms with E-state index >= 15 is 0 Å². The third-order valence-corrected chi connectivity index (χ3v) is 11.6. The molecule has 0 radical (unpaired) electrons. The summed E-state index contributed by atoms with van der Waals surface area (Å²) < 4.78 is 13.2. The van der Waals surface area contributed by atoms with Gasteiger partial charge in [0.05, 0.1) is 23.5 Å². The maximum absolute atomic E-state index is 14.0. The van der Waals surface area contributed by atoms with E-state index in [1.165, 1.54) is 6.42 Å². The van der Waals surface area contributed by atoms with Crippen molar-refractivity contribution in [2.45, 2.75) is 119 Å². The van der Waals surface area contributed by atoms with Crippen LogP contribution in [-0.4, -0.2) is 83.2 Å². The molecule has 1 aliphatic heterocycles. The van der Waals surface area contributed by atoms with Crippen molar-refractivity contribution < 1.29 is 28.7 Å². The standard InChI is InChI=1S/C45H65N7O6/c1-30(2)46-21-23-57-39(55)28-52-41-34-15-11-10-14-33(34)27-51(36-17-13-12-16-35(36)40(41)49-50-52)38(54)19-18-37(53)48-29-44(7,8)58-22-20-43(5,6)42(56)47-26-31(3)24-45(9)25-32(45)4/h10-17,30-32,46H,18-29H2,1-9H3,(H,47,56)(H,48,53). The van der Waals surface area contributed by atoms with Crippen LogP contribution in [0.5, 0.6) is 0 Å². The van der Waals surface area contributed by atoms with Gasteiger partial charge in [-0.2, -0.15) is 0 Å². The van der Waals surface area contributed by atoms with Gasteiger partial charge in [0.25, 0.3) is 0 Å². The lowest BCUT2D eigenvalue weighted by atomic mass is 9.87. The highest BCUT2D eigenvalue weighted by molar-refractivity contribution is 6.01. The zero-order chi connectivity index (χ0) is 42.3. The number of nitrogens with zero attached hydrogens (tertiary/aromatic N) is 4. The molecule has 0 bridgehead atoms. The van der Waals surface area contributed by atoms with E-state index in [-0.39, 0.29) is 62.8 Å². The third kappa shape index (κ3) is 11.7. The van der Waals surface area contributed by atoms with Gasteiger partial charge in [-0.15, -0.1) is 5.10 Å². The minimum atomic E-state index is -0.681. The average Bonchev–Trinajstić information content (AvgIpc) is 3.54. The lowest BCUT2D eigenvalue weighted by Crippen LogP contribution is -2.43. The molecule has 13 nitrogen and oxygen atoms in total. The second kappa shape index (κ2) is 19.0. The number of hydrogen-bond donors (Lipinski definition) is 3. The van der Waals surface area contributed by atoms with Gasteiger partial charge in [-0.05, 0) is 62.0 Å². The number of nitrogens with one attached hydrogen (secondary N) is 3. The molecule has 5 rings (SSSR count). The van der Waals surface area contributed by atoms with Gasteiger partial charge in [-0.1, -0.05) is 96.1 Å². The molecule has 316 valence electrons. The van der Waals surface area contributed by atoms with Crippen molar-refractivity contribution >= 4 is 29.4 Å². The molecule has 3 atom stereocenters. The second-order valence-electron chi connectivity index (χ2n) is 18.2. The summed E-state index contributed by atoms with van der Waals surface area (Å²) in [4.78, 5) is 54.7. The van der Waals surface area contributed by atoms with Crippen LogP contribution in [0.4, 0.5) is 5.69 Å². The number of ether oxygens (including phenoxy) is 2. The first-order valence-electron chi connectivity index (χ1n) is 20.9. The molecule has 1 aromatic heterocycles. The number of fused-ring (bicyclic) bond motifs is 5. The number of esters is 1. The molecule has 58 heavy (non-hydrogen) atoms. The Kier molecular flexibility index (Phi) is 14.5. The molecular weight excluding hydrogens is 735 g/mol. The van der Waals surface area contributed by atoms with E-state index in [1.807, 2.05) is 90.1 Å². The van der Waals surface area contributed by atoms with E-state index in [0.29, 0.717) is 60.1 Å². The lowest BCUT2D eigenvalue weighted by molar-refractivity contribution is -0.144. The Hall–Kier alpha value is -4.62. The van der Waals surface area contributed by atoms with Crippen LogP contribution in [0.15, 0.2) is 48.5 Å². The molecule has 1 saturated carbocycles. The molecular formula is C45H65N7O6. The van der Waals surface area contributed by atoms with Crippen LogP contribution in [0.25, 0.3) is 22.5 Å². The first-order chi connectivity index (χ1) is 27.4. The van der Waals surface area contributed by atoms with Crippen molar-refractivity contribution in [1.82, 2.24) is 30.9 Å². The fourth-order valence-electron chi connectivity index (χ4n) is 7.63. The smallest absolute Gasteiger partial charge is 0.327 e. The van der Waals surface area contributed by atoms with Gasteiger partial charge in [0.1, 0.15) is 18.8 Å². The molecule has 3 amide bonds. The fraction of sp³-hybridized carbons (Fsp3) is 0.600. The third-order valence-electron chi connectivity index (χ3n) is 11.6. The largest absolute Gasteiger partial charge is 0.463 e. The van der Waals surface area contributed by atoms with Crippen LogP contribution in [0.3, 0.4) is 0 Å². The number of amides is 3. The summed E-state index contributed by atoms with van der Waals surface area (Å²) >= 11 is 0. The Bertz CT molecular complexity index is 1920. The van der Waals surface area contributed by atoms with E-state index in [2.05, 4.69) is 47.0 Å². The Labute approximate surface area is 344 Å². The van der Waals surface area contributed by atoms with Crippen molar-refractivity contribution in [2.24, 2.45) is 22.7 Å². The summed E-state index contributed by atoms with van der Waals surface area (Å²) in [5.74, 6) is 0.312. The molecule has 3 unspecified atom stereocenters. The van der Waals surface area contributed by atoms with Crippen LogP contribution >= 0.6 is 0 Å². The molecule has 13 heteroatoms. The number of carbonyl (C=O) groups excluding carboxylic acids is 4. The van der Waals surface area contributed by atoms with Crippen LogP contribution in [-0.2, 0) is 41.7 Å². The zero-order valence-corrected chi connectivity index (χ0v) is 36.1. The van der Waals surface area contributed by atoms with E-state index in [1.54, 1.807) is 9.58 Å². The first-order valence-corrected chi connectivity index (χ1v) is 20.9. The summed E-state index contributed by atoms with van der Waals surface area (Å²) in [7, 11) is 0. The van der Waals surface area contributed by atoms with Gasteiger partial charge in [0.15, 0.2) is 0 Å². The highest BCUT2D eigenvalue weighted by atomic mass is 16.5. The molecule has 0 spiro atoms. The molecule has 3 aromatic rings. The Balaban J connectivity index is 1.15. The summed E-state index contributed by atoms with van der Waals surface area (Å²) in [6, 6.07) is 15.5. The minimum Gasteiger partial charge on any atom is -0.463 e. The van der Waals surface area contributed by atoms with Crippen molar-refractivity contribution in [2.75, 3.05) is 37.7 Å². The van der Waals surface area contributed by atoms with Crippen molar-refractivity contribution in [3.8, 4) is 22.5 Å². The first kappa shape index (κ1) is 44.5. The fourth-order valence-corrected chi connectivity index (χ4v) is 7.63. The van der Waals surface area contributed by atoms with E-state index in [9.17, 15) is 19.2 Å². The number of rotatable bonds is 20. The summed E-state index contributed by atoms with van der Waals surface area (Å²) in [6.45, 7) is 20.8. The van der Waals surface area contributed by atoms with Crippen molar-refractivity contribution in [3.63, 3.8) is 0 Å². The van der Waals surface area contributed by atoms with Crippen molar-refractivity contribution in [1.29, 1.82) is 0 Å². The maximum atomic E-state index is 14.0. The van der Waals surface area contributed by atoms with Crippen molar-refractivity contribution in [3.05, 3.63) is 54.1 Å². The lowest BCUT2D eigenvalue weighted by Gasteiger charge is -2.30. The number of aromatic nitrogens is 3. The predicted octanol–water partition coefficient (Wildman–Crippen LogP) is 6.30. The van der Waals surface area contributed by atoms with E-state index < -0.39 is 17.0 Å². The molecule has 0 saturated heterocycles. The van der Waals surface area contributed by atoms with Crippen LogP contribution in [0, 0.1) is 22.7 Å². The summed E-state index contributed by atoms with van der Waals surface area (Å²) in [5, 5.41) is 18.2. The highest BCUT2D eigenvalue weighted by Crippen LogP contribution is 2.55. The van der Waals surface area contributed by atoms with Crippen LogP contribution in [0.1, 0.15) is 100.0 Å². The highest BCUT2D eigenvalue weighted by Gasteiger charge is 2.46. The van der Waals surface area contributed by atoms with Gasteiger partial charge in [-0.25, -0.2) is 4.68 Å². The van der Waals surface area contributed by atoms with E-state index in [4.69, 9.17) is 9.47 Å². The monoisotopic (exact) mass is 799 g/mol. The quantitative estimate of drug-likeness (QED) is 0.0883. The molecule has 2 aliphatic rings. The number of anilines is 1. The molecule has 3 N–H and O–H groups in total. The molecule has 2 heterocycles. The Morgan fingerprint density at radius 1 is 0.948 bits per heavy atom. The number of hydrogen-bond acceptors (Lipinski definition) is 9. The van der Waals surface area contributed by atoms with Gasteiger partial charge < -0.3 is 30.3 Å². The van der Waals surface area contributed by atoms with Gasteiger partial charge in [-0.3, -0.25) is 19.2 Å². The minimum absolute atomic E-state index is 0.00481. The molecule has 1 fully saturated rings. The maximum Gasteiger partial charge on any atom is 0.327 e. The zero-order valence-electron chi connectivity index (χ0n) is 36.1.